The number of nitrogens with two attached hydrogens (primary N) is 1. The van der Waals surface area contributed by atoms with Gasteiger partial charge in [-0.05, 0) is 31.6 Å². The van der Waals surface area contributed by atoms with Crippen molar-refractivity contribution in [2.45, 2.75) is 45.2 Å². The minimum Gasteiger partial charge on any atom is -0.476 e. The van der Waals surface area contributed by atoms with Crippen LogP contribution >= 0.6 is 0 Å². The van der Waals surface area contributed by atoms with E-state index in [-0.39, 0.29) is 18.3 Å². The first-order valence-corrected chi connectivity index (χ1v) is 6.01. The second kappa shape index (κ2) is 4.83. The van der Waals surface area contributed by atoms with Gasteiger partial charge in [-0.2, -0.15) is 0 Å². The Hall–Kier alpha value is -1.43. The first kappa shape index (κ1) is 12.0. The lowest BCUT2D eigenvalue weighted by Gasteiger charge is -2.26. The number of aromatic nitrogens is 3. The topological polar surface area (TPSA) is 94.0 Å². The van der Waals surface area contributed by atoms with E-state index in [1.54, 1.807) is 4.68 Å². The van der Waals surface area contributed by atoms with Crippen molar-refractivity contribution in [3.05, 3.63) is 11.4 Å². The second-order valence-corrected chi connectivity index (χ2v) is 4.75. The average molecular weight is 238 g/mol. The normalized spacial score (nSPS) is 24.8. The minimum atomic E-state index is -1.05. The van der Waals surface area contributed by atoms with Crippen LogP contribution in [0.2, 0.25) is 0 Å². The maximum atomic E-state index is 11.0. The second-order valence-electron chi connectivity index (χ2n) is 4.75. The number of carboxylic acids is 1. The van der Waals surface area contributed by atoms with Gasteiger partial charge < -0.3 is 10.8 Å². The fourth-order valence-corrected chi connectivity index (χ4v) is 2.45. The fourth-order valence-electron chi connectivity index (χ4n) is 2.45. The van der Waals surface area contributed by atoms with Crippen LogP contribution in [0.4, 0.5) is 0 Å². The van der Waals surface area contributed by atoms with Gasteiger partial charge in [-0.15, -0.1) is 5.10 Å². The summed E-state index contributed by atoms with van der Waals surface area (Å²) in [5, 5.41) is 16.7. The summed E-state index contributed by atoms with van der Waals surface area (Å²) in [4.78, 5) is 11.0. The Morgan fingerprint density at radius 2 is 2.12 bits per heavy atom. The van der Waals surface area contributed by atoms with Gasteiger partial charge in [-0.25, -0.2) is 9.48 Å². The van der Waals surface area contributed by atoms with E-state index in [1.807, 2.05) is 0 Å². The molecule has 94 valence electrons. The van der Waals surface area contributed by atoms with Gasteiger partial charge in [0.15, 0.2) is 5.69 Å². The van der Waals surface area contributed by atoms with Gasteiger partial charge in [0, 0.05) is 6.54 Å². The Balaban J connectivity index is 2.23. The molecule has 0 bridgehead atoms. The molecule has 0 atom stereocenters. The molecule has 1 heterocycles. The predicted octanol–water partition coefficient (Wildman–Crippen LogP) is 1.19. The van der Waals surface area contributed by atoms with Crippen molar-refractivity contribution in [2.75, 3.05) is 0 Å². The van der Waals surface area contributed by atoms with Gasteiger partial charge in [0.2, 0.25) is 0 Å². The van der Waals surface area contributed by atoms with Crippen molar-refractivity contribution < 1.29 is 9.90 Å². The van der Waals surface area contributed by atoms with Gasteiger partial charge in [0.1, 0.15) is 0 Å². The number of rotatable bonds is 3. The molecule has 2 rings (SSSR count). The van der Waals surface area contributed by atoms with Gasteiger partial charge in [-0.3, -0.25) is 0 Å². The van der Waals surface area contributed by atoms with Crippen molar-refractivity contribution >= 4 is 5.97 Å². The van der Waals surface area contributed by atoms with Gasteiger partial charge in [-0.1, -0.05) is 12.1 Å². The predicted molar refractivity (Wildman–Crippen MR) is 61.5 cm³/mol. The number of nitrogens with zero attached hydrogens (tertiary/aromatic N) is 3. The van der Waals surface area contributed by atoms with Gasteiger partial charge in [0.05, 0.1) is 11.7 Å². The summed E-state index contributed by atoms with van der Waals surface area (Å²) in [6, 6.07) is 0.255. The zero-order chi connectivity index (χ0) is 12.4. The first-order valence-electron chi connectivity index (χ1n) is 6.01. The van der Waals surface area contributed by atoms with Crippen LogP contribution in [0, 0.1) is 5.92 Å². The molecule has 0 spiro atoms. The van der Waals surface area contributed by atoms with E-state index in [1.165, 1.54) is 0 Å². The lowest BCUT2D eigenvalue weighted by atomic mass is 9.87. The monoisotopic (exact) mass is 238 g/mol. The molecular weight excluding hydrogens is 220 g/mol. The van der Waals surface area contributed by atoms with Crippen LogP contribution in [-0.2, 0) is 6.54 Å². The molecule has 17 heavy (non-hydrogen) atoms. The molecule has 0 aliphatic heterocycles. The lowest BCUT2D eigenvalue weighted by Crippen LogP contribution is -2.21. The third-order valence-corrected chi connectivity index (χ3v) is 3.52. The molecule has 1 fully saturated rings. The summed E-state index contributed by atoms with van der Waals surface area (Å²) < 4.78 is 1.72. The highest BCUT2D eigenvalue weighted by molar-refractivity contribution is 5.86. The van der Waals surface area contributed by atoms with E-state index >= 15 is 0 Å². The Labute approximate surface area is 99.8 Å². The highest BCUT2D eigenvalue weighted by Crippen LogP contribution is 2.32. The van der Waals surface area contributed by atoms with E-state index in [0.717, 1.165) is 31.6 Å². The molecule has 0 amide bonds. The molecule has 0 aromatic carbocycles. The number of hydrogen-bond donors (Lipinski definition) is 2. The molecule has 1 aliphatic rings. The maximum Gasteiger partial charge on any atom is 0.358 e. The molecule has 1 aromatic rings. The number of carbonyl (C=O) groups is 1. The van der Waals surface area contributed by atoms with E-state index in [2.05, 4.69) is 17.2 Å². The largest absolute Gasteiger partial charge is 0.476 e. The van der Waals surface area contributed by atoms with Gasteiger partial charge in [0.25, 0.3) is 0 Å². The van der Waals surface area contributed by atoms with Crippen LogP contribution in [0.15, 0.2) is 0 Å². The Kier molecular flexibility index (Phi) is 3.42. The summed E-state index contributed by atoms with van der Waals surface area (Å²) in [6.45, 7) is 2.41. The molecule has 1 saturated carbocycles. The van der Waals surface area contributed by atoms with Crippen molar-refractivity contribution in [1.29, 1.82) is 0 Å². The fraction of sp³-hybridized carbons (Fsp3) is 0.727. The summed E-state index contributed by atoms with van der Waals surface area (Å²) >= 11 is 0. The van der Waals surface area contributed by atoms with Crippen LogP contribution in [0.3, 0.4) is 0 Å². The molecule has 1 aliphatic carbocycles. The number of aromatic carboxylic acids is 1. The van der Waals surface area contributed by atoms with Crippen LogP contribution in [0.5, 0.6) is 0 Å². The SMILES string of the molecule is CC1CCC(n2nnc(C(=O)O)c2CN)CC1. The highest BCUT2D eigenvalue weighted by atomic mass is 16.4. The van der Waals surface area contributed by atoms with Crippen LogP contribution in [0.1, 0.15) is 54.8 Å². The summed E-state index contributed by atoms with van der Waals surface area (Å²) in [6.07, 6.45) is 4.35. The Morgan fingerprint density at radius 1 is 1.47 bits per heavy atom. The van der Waals surface area contributed by atoms with Crippen molar-refractivity contribution in [3.8, 4) is 0 Å². The third-order valence-electron chi connectivity index (χ3n) is 3.52. The van der Waals surface area contributed by atoms with Crippen molar-refractivity contribution in [1.82, 2.24) is 15.0 Å². The van der Waals surface area contributed by atoms with Crippen LogP contribution in [0.25, 0.3) is 0 Å². The zero-order valence-corrected chi connectivity index (χ0v) is 9.96. The van der Waals surface area contributed by atoms with E-state index in [4.69, 9.17) is 10.8 Å². The van der Waals surface area contributed by atoms with Gasteiger partial charge >= 0.3 is 5.97 Å². The van der Waals surface area contributed by atoms with Crippen molar-refractivity contribution in [3.63, 3.8) is 0 Å². The minimum absolute atomic E-state index is 0.00822. The van der Waals surface area contributed by atoms with E-state index < -0.39 is 5.97 Å². The van der Waals surface area contributed by atoms with Crippen LogP contribution < -0.4 is 5.73 Å². The first-order chi connectivity index (χ1) is 8.13. The molecule has 0 unspecified atom stereocenters. The summed E-state index contributed by atoms with van der Waals surface area (Å²) in [7, 11) is 0. The highest BCUT2D eigenvalue weighted by Gasteiger charge is 2.25. The summed E-state index contributed by atoms with van der Waals surface area (Å²) in [5.41, 5.74) is 6.13. The molecule has 3 N–H and O–H groups in total. The molecule has 0 saturated heterocycles. The third kappa shape index (κ3) is 2.31. The number of carboxylic acid groups (broad SMARTS) is 1. The molecule has 0 radical (unpaired) electrons. The standard InChI is InChI=1S/C11H18N4O2/c1-7-2-4-8(5-3-7)15-9(6-12)10(11(16)17)13-14-15/h7-8H,2-6,12H2,1H3,(H,16,17). The smallest absolute Gasteiger partial charge is 0.358 e. The number of hydrogen-bond acceptors (Lipinski definition) is 4. The maximum absolute atomic E-state index is 11.0. The average Bonchev–Trinajstić information content (AvgIpc) is 2.73. The van der Waals surface area contributed by atoms with E-state index in [9.17, 15) is 4.79 Å². The van der Waals surface area contributed by atoms with E-state index in [0.29, 0.717) is 5.69 Å². The lowest BCUT2D eigenvalue weighted by molar-refractivity contribution is 0.0689. The summed E-state index contributed by atoms with van der Waals surface area (Å²) in [5.74, 6) is -0.309. The Morgan fingerprint density at radius 3 is 2.65 bits per heavy atom. The molecule has 1 aromatic heterocycles. The van der Waals surface area contributed by atoms with Crippen molar-refractivity contribution in [2.24, 2.45) is 11.7 Å². The zero-order valence-electron chi connectivity index (χ0n) is 9.96. The quantitative estimate of drug-likeness (QED) is 0.824. The Bertz CT molecular complexity index is 408. The van der Waals surface area contributed by atoms with Crippen LogP contribution in [-0.4, -0.2) is 26.1 Å². The molecule has 6 heteroatoms. The molecular formula is C11H18N4O2. The molecule has 6 nitrogen and oxygen atoms in total.